The van der Waals surface area contributed by atoms with E-state index >= 15 is 0 Å². The van der Waals surface area contributed by atoms with Crippen LogP contribution in [-0.4, -0.2) is 24.3 Å². The highest BCUT2D eigenvalue weighted by Crippen LogP contribution is 2.32. The molecule has 90 valence electrons. The lowest BCUT2D eigenvalue weighted by Crippen LogP contribution is -2.08. The van der Waals surface area contributed by atoms with Gasteiger partial charge in [-0.3, -0.25) is 0 Å². The molecule has 1 aliphatic carbocycles. The Balaban J connectivity index is 1.93. The van der Waals surface area contributed by atoms with Gasteiger partial charge in [0.05, 0.1) is 24.3 Å². The van der Waals surface area contributed by atoms with Crippen LogP contribution in [-0.2, 0) is 4.74 Å². The van der Waals surface area contributed by atoms with E-state index in [1.165, 1.54) is 6.07 Å². The van der Waals surface area contributed by atoms with Gasteiger partial charge in [-0.05, 0) is 18.9 Å². The molecule has 0 unspecified atom stereocenters. The highest BCUT2D eigenvalue weighted by Gasteiger charge is 2.21. The van der Waals surface area contributed by atoms with Crippen molar-refractivity contribution in [3.8, 4) is 5.88 Å². The fourth-order valence-corrected chi connectivity index (χ4v) is 1.49. The summed E-state index contributed by atoms with van der Waals surface area (Å²) in [7, 11) is 0. The Hall–Kier alpha value is -1.02. The molecule has 0 N–H and O–H groups in total. The van der Waals surface area contributed by atoms with Gasteiger partial charge in [-0.15, -0.1) is 0 Å². The molecule has 0 amide bonds. The Morgan fingerprint density at radius 1 is 1.41 bits per heavy atom. The zero-order valence-corrected chi connectivity index (χ0v) is 10.5. The minimum Gasteiger partial charge on any atom is -0.484 e. The maximum absolute atomic E-state index is 6.98. The van der Waals surface area contributed by atoms with E-state index in [1.54, 1.807) is 0 Å². The van der Waals surface area contributed by atoms with Crippen LogP contribution in [0, 0.1) is 6.57 Å². The van der Waals surface area contributed by atoms with Crippen molar-refractivity contribution in [2.45, 2.75) is 18.9 Å². The van der Waals surface area contributed by atoms with Crippen molar-refractivity contribution in [1.82, 2.24) is 4.98 Å². The summed E-state index contributed by atoms with van der Waals surface area (Å²) >= 11 is 11.5. The van der Waals surface area contributed by atoms with Crippen LogP contribution in [0.2, 0.25) is 10.2 Å². The van der Waals surface area contributed by atoms with Gasteiger partial charge < -0.3 is 9.47 Å². The lowest BCUT2D eigenvalue weighted by molar-refractivity contribution is 0.0869. The van der Waals surface area contributed by atoms with E-state index < -0.39 is 0 Å². The molecule has 1 heterocycles. The van der Waals surface area contributed by atoms with Crippen LogP contribution in [0.1, 0.15) is 12.8 Å². The van der Waals surface area contributed by atoms with Gasteiger partial charge in [0.15, 0.2) is 0 Å². The van der Waals surface area contributed by atoms with Gasteiger partial charge in [-0.2, -0.15) is 0 Å². The van der Waals surface area contributed by atoms with E-state index in [1.807, 2.05) is 0 Å². The van der Waals surface area contributed by atoms with Crippen molar-refractivity contribution < 1.29 is 9.47 Å². The summed E-state index contributed by atoms with van der Waals surface area (Å²) in [5.74, 6) is 0.203. The molecule has 0 aliphatic heterocycles. The Bertz CT molecular complexity index is 456. The number of nitrogens with zero attached hydrogens (tertiary/aromatic N) is 2. The SMILES string of the molecule is [C-]#[N+]c1cc(Cl)c(Cl)nc1OCCOC1CC1. The summed E-state index contributed by atoms with van der Waals surface area (Å²) in [6.45, 7) is 7.82. The standard InChI is InChI=1S/C11H10Cl2N2O2/c1-14-9-6-8(12)10(13)15-11(9)17-5-4-16-7-2-3-7/h6-7H,2-5H2. The molecule has 1 aromatic rings. The van der Waals surface area contributed by atoms with Crippen LogP contribution in [0.4, 0.5) is 5.69 Å². The smallest absolute Gasteiger partial charge is 0.248 e. The van der Waals surface area contributed by atoms with Crippen molar-refractivity contribution in [3.05, 3.63) is 27.7 Å². The van der Waals surface area contributed by atoms with Crippen molar-refractivity contribution in [1.29, 1.82) is 0 Å². The molecule has 0 radical (unpaired) electrons. The molecule has 4 nitrogen and oxygen atoms in total. The Morgan fingerprint density at radius 3 is 2.82 bits per heavy atom. The van der Waals surface area contributed by atoms with E-state index in [0.29, 0.717) is 19.3 Å². The van der Waals surface area contributed by atoms with Crippen LogP contribution in [0.3, 0.4) is 0 Å². The third-order valence-electron chi connectivity index (χ3n) is 2.20. The van der Waals surface area contributed by atoms with Gasteiger partial charge in [0.2, 0.25) is 11.6 Å². The van der Waals surface area contributed by atoms with E-state index in [2.05, 4.69) is 9.83 Å². The average Bonchev–Trinajstić information content (AvgIpc) is 3.12. The first-order chi connectivity index (χ1) is 8.20. The van der Waals surface area contributed by atoms with Gasteiger partial charge in [-0.1, -0.05) is 23.2 Å². The minimum absolute atomic E-state index is 0.136. The predicted molar refractivity (Wildman–Crippen MR) is 65.0 cm³/mol. The monoisotopic (exact) mass is 272 g/mol. The van der Waals surface area contributed by atoms with Crippen LogP contribution in [0.15, 0.2) is 6.07 Å². The lowest BCUT2D eigenvalue weighted by atomic mass is 10.4. The Morgan fingerprint density at radius 2 is 2.18 bits per heavy atom. The molecule has 0 spiro atoms. The molecule has 1 aliphatic rings. The number of hydrogen-bond donors (Lipinski definition) is 0. The van der Waals surface area contributed by atoms with Crippen molar-refractivity contribution in [2.75, 3.05) is 13.2 Å². The quantitative estimate of drug-likeness (QED) is 0.468. The van der Waals surface area contributed by atoms with E-state index in [9.17, 15) is 0 Å². The molecule has 17 heavy (non-hydrogen) atoms. The molecule has 0 bridgehead atoms. The zero-order chi connectivity index (χ0) is 12.3. The second kappa shape index (κ2) is 5.54. The normalized spacial score (nSPS) is 14.4. The fourth-order valence-electron chi connectivity index (χ4n) is 1.22. The molecule has 0 aromatic carbocycles. The van der Waals surface area contributed by atoms with Crippen molar-refractivity contribution in [3.63, 3.8) is 0 Å². The lowest BCUT2D eigenvalue weighted by Gasteiger charge is -2.08. The third kappa shape index (κ3) is 3.47. The molecule has 0 saturated heterocycles. The number of pyridine rings is 1. The van der Waals surface area contributed by atoms with Crippen LogP contribution in [0.5, 0.6) is 5.88 Å². The molecular formula is C11H10Cl2N2O2. The largest absolute Gasteiger partial charge is 0.484 e. The Labute approximate surface area is 109 Å². The van der Waals surface area contributed by atoms with E-state index in [4.69, 9.17) is 39.2 Å². The number of aromatic nitrogens is 1. The second-order valence-electron chi connectivity index (χ2n) is 3.62. The predicted octanol–water partition coefficient (Wildman–Crippen LogP) is 3.50. The van der Waals surface area contributed by atoms with Gasteiger partial charge in [0, 0.05) is 0 Å². The summed E-state index contributed by atoms with van der Waals surface area (Å²) in [4.78, 5) is 7.19. The molecule has 2 rings (SSSR count). The number of halogens is 2. The fraction of sp³-hybridized carbons (Fsp3) is 0.455. The van der Waals surface area contributed by atoms with Crippen LogP contribution >= 0.6 is 23.2 Å². The molecule has 0 atom stereocenters. The maximum atomic E-state index is 6.98. The number of rotatable bonds is 5. The second-order valence-corrected chi connectivity index (χ2v) is 4.38. The molecule has 1 aromatic heterocycles. The third-order valence-corrected chi connectivity index (χ3v) is 2.87. The van der Waals surface area contributed by atoms with Gasteiger partial charge >= 0.3 is 0 Å². The highest BCUT2D eigenvalue weighted by atomic mass is 35.5. The highest BCUT2D eigenvalue weighted by molar-refractivity contribution is 6.41. The summed E-state index contributed by atoms with van der Waals surface area (Å²) in [6, 6.07) is 1.45. The van der Waals surface area contributed by atoms with Gasteiger partial charge in [0.25, 0.3) is 0 Å². The summed E-state index contributed by atoms with van der Waals surface area (Å²) in [5.41, 5.74) is 0.255. The molecule has 1 saturated carbocycles. The van der Waals surface area contributed by atoms with Crippen molar-refractivity contribution in [2.24, 2.45) is 0 Å². The average molecular weight is 273 g/mol. The molecule has 6 heteroatoms. The van der Waals surface area contributed by atoms with Crippen molar-refractivity contribution >= 4 is 28.9 Å². The van der Waals surface area contributed by atoms with E-state index in [0.717, 1.165) is 12.8 Å². The molecule has 1 fully saturated rings. The van der Waals surface area contributed by atoms with Gasteiger partial charge in [-0.25, -0.2) is 9.83 Å². The summed E-state index contributed by atoms with van der Waals surface area (Å²) in [5, 5.41) is 0.386. The molecular weight excluding hydrogens is 263 g/mol. The van der Waals surface area contributed by atoms with Gasteiger partial charge in [0.1, 0.15) is 11.8 Å². The first kappa shape index (κ1) is 12.4. The van der Waals surface area contributed by atoms with Crippen LogP contribution in [0.25, 0.3) is 4.85 Å². The van der Waals surface area contributed by atoms with E-state index in [-0.39, 0.29) is 21.7 Å². The van der Waals surface area contributed by atoms with Crippen LogP contribution < -0.4 is 4.74 Å². The zero-order valence-electron chi connectivity index (χ0n) is 8.95. The summed E-state index contributed by atoms with van der Waals surface area (Å²) in [6.07, 6.45) is 2.64. The topological polar surface area (TPSA) is 35.7 Å². The number of ether oxygens (including phenoxy) is 2. The Kier molecular flexibility index (Phi) is 4.06. The maximum Gasteiger partial charge on any atom is 0.248 e. The minimum atomic E-state index is 0.136. The first-order valence-corrected chi connectivity index (χ1v) is 5.94. The number of hydrogen-bond acceptors (Lipinski definition) is 3. The summed E-state index contributed by atoms with van der Waals surface area (Å²) < 4.78 is 10.8. The first-order valence-electron chi connectivity index (χ1n) is 5.18.